The topological polar surface area (TPSA) is 66.4 Å². The van der Waals surface area contributed by atoms with Crippen LogP contribution in [0.4, 0.5) is 4.39 Å². The predicted octanol–water partition coefficient (Wildman–Crippen LogP) is 2.35. The van der Waals surface area contributed by atoms with Crippen LogP contribution in [0.1, 0.15) is 18.4 Å². The number of halogens is 1. The number of nitrogens with one attached hydrogen (secondary N) is 1. The second-order valence-corrected chi connectivity index (χ2v) is 6.02. The summed E-state index contributed by atoms with van der Waals surface area (Å²) in [5.41, 5.74) is 0.790. The van der Waals surface area contributed by atoms with E-state index in [9.17, 15) is 19.1 Å². The summed E-state index contributed by atoms with van der Waals surface area (Å²) in [6.45, 7) is 0.281. The van der Waals surface area contributed by atoms with Crippen molar-refractivity contribution in [3.05, 3.63) is 47.8 Å². The van der Waals surface area contributed by atoms with Crippen molar-refractivity contribution >= 4 is 11.9 Å². The Morgan fingerprint density at radius 3 is 2.23 bits per heavy atom. The van der Waals surface area contributed by atoms with Crippen LogP contribution in [0.5, 0.6) is 0 Å². The molecule has 4 nitrogen and oxygen atoms in total. The fourth-order valence-electron chi connectivity index (χ4n) is 3.60. The van der Waals surface area contributed by atoms with E-state index >= 15 is 0 Å². The van der Waals surface area contributed by atoms with Gasteiger partial charge in [0.2, 0.25) is 5.91 Å². The van der Waals surface area contributed by atoms with Crippen molar-refractivity contribution in [3.63, 3.8) is 0 Å². The molecule has 0 spiro atoms. The molecule has 1 aromatic rings. The number of carbonyl (C=O) groups is 2. The molecule has 0 unspecified atom stereocenters. The molecule has 4 rings (SSSR count). The molecule has 0 aromatic heterocycles. The number of carboxylic acids is 1. The predicted molar refractivity (Wildman–Crippen MR) is 78.2 cm³/mol. The lowest BCUT2D eigenvalue weighted by Crippen LogP contribution is -2.48. The highest BCUT2D eigenvalue weighted by molar-refractivity contribution is 5.86. The van der Waals surface area contributed by atoms with E-state index in [4.69, 9.17) is 0 Å². The van der Waals surface area contributed by atoms with Crippen LogP contribution in [0.2, 0.25) is 0 Å². The number of allylic oxidation sites excluding steroid dienone is 2. The molecule has 0 heterocycles. The molecule has 4 atom stereocenters. The van der Waals surface area contributed by atoms with Crippen LogP contribution < -0.4 is 5.32 Å². The van der Waals surface area contributed by atoms with Crippen molar-refractivity contribution in [1.29, 1.82) is 0 Å². The molecule has 22 heavy (non-hydrogen) atoms. The Bertz CT molecular complexity index is 611. The molecular weight excluding hydrogens is 285 g/mol. The van der Waals surface area contributed by atoms with Gasteiger partial charge < -0.3 is 10.4 Å². The van der Waals surface area contributed by atoms with Gasteiger partial charge >= 0.3 is 5.97 Å². The van der Waals surface area contributed by atoms with Crippen molar-refractivity contribution < 1.29 is 19.1 Å². The number of carbonyl (C=O) groups excluding carboxylic acids is 1. The van der Waals surface area contributed by atoms with Crippen LogP contribution in [0.15, 0.2) is 36.4 Å². The van der Waals surface area contributed by atoms with Crippen molar-refractivity contribution in [3.8, 4) is 0 Å². The van der Waals surface area contributed by atoms with Crippen molar-refractivity contribution in [2.24, 2.45) is 23.7 Å². The second kappa shape index (κ2) is 5.91. The number of aliphatic carboxylic acids is 1. The van der Waals surface area contributed by atoms with Crippen LogP contribution in [0.25, 0.3) is 0 Å². The summed E-state index contributed by atoms with van der Waals surface area (Å²) in [5, 5.41) is 12.2. The molecule has 0 aliphatic heterocycles. The molecule has 3 aliphatic carbocycles. The molecular formula is C17H18FNO3. The number of fused-ring (bicyclic) bond motifs is 2. The zero-order valence-electron chi connectivity index (χ0n) is 12.0. The van der Waals surface area contributed by atoms with Crippen LogP contribution in [0.3, 0.4) is 0 Å². The smallest absolute Gasteiger partial charge is 0.307 e. The van der Waals surface area contributed by atoms with E-state index in [1.807, 2.05) is 12.2 Å². The minimum atomic E-state index is -0.902. The Labute approximate surface area is 128 Å². The average Bonchev–Trinajstić information content (AvgIpc) is 2.54. The van der Waals surface area contributed by atoms with E-state index < -0.39 is 17.8 Å². The Morgan fingerprint density at radius 2 is 1.68 bits per heavy atom. The van der Waals surface area contributed by atoms with Crippen LogP contribution in [-0.2, 0) is 16.1 Å². The van der Waals surface area contributed by atoms with Gasteiger partial charge in [0.25, 0.3) is 0 Å². The van der Waals surface area contributed by atoms with Gasteiger partial charge in [-0.25, -0.2) is 4.39 Å². The molecule has 0 saturated heterocycles. The number of amides is 1. The molecule has 2 N–H and O–H groups in total. The van der Waals surface area contributed by atoms with Gasteiger partial charge in [0.1, 0.15) is 5.82 Å². The minimum absolute atomic E-state index is 0.000632. The fourth-order valence-corrected chi connectivity index (χ4v) is 3.60. The SMILES string of the molecule is O=C(O)[C@@H]1[C@H](C(=O)NCc2ccc(F)cc2)[C@H]2C=C[C@H]1CC2. The first-order valence-corrected chi connectivity index (χ1v) is 7.49. The molecule has 1 aromatic carbocycles. The highest BCUT2D eigenvalue weighted by Gasteiger charge is 2.47. The highest BCUT2D eigenvalue weighted by Crippen LogP contribution is 2.45. The summed E-state index contributed by atoms with van der Waals surface area (Å²) in [6.07, 6.45) is 5.62. The van der Waals surface area contributed by atoms with Crippen molar-refractivity contribution in [2.75, 3.05) is 0 Å². The summed E-state index contributed by atoms with van der Waals surface area (Å²) in [6, 6.07) is 5.90. The van der Waals surface area contributed by atoms with Crippen LogP contribution in [-0.4, -0.2) is 17.0 Å². The van der Waals surface area contributed by atoms with E-state index in [2.05, 4.69) is 5.32 Å². The molecule has 1 fully saturated rings. The number of carboxylic acid groups (broad SMARTS) is 1. The maximum atomic E-state index is 12.9. The monoisotopic (exact) mass is 303 g/mol. The van der Waals surface area contributed by atoms with E-state index in [1.165, 1.54) is 12.1 Å². The number of hydrogen-bond acceptors (Lipinski definition) is 2. The summed E-state index contributed by atoms with van der Waals surface area (Å²) in [7, 11) is 0. The lowest BCUT2D eigenvalue weighted by atomic mass is 9.62. The van der Waals surface area contributed by atoms with Gasteiger partial charge in [-0.3, -0.25) is 9.59 Å². The van der Waals surface area contributed by atoms with Gasteiger partial charge in [0.05, 0.1) is 11.8 Å². The van der Waals surface area contributed by atoms with Gasteiger partial charge in [-0.15, -0.1) is 0 Å². The molecule has 3 aliphatic rings. The molecule has 2 bridgehead atoms. The zero-order valence-corrected chi connectivity index (χ0v) is 12.0. The third-order valence-electron chi connectivity index (χ3n) is 4.72. The highest BCUT2D eigenvalue weighted by atomic mass is 19.1. The third-order valence-corrected chi connectivity index (χ3v) is 4.72. The van der Waals surface area contributed by atoms with Gasteiger partial charge in [0.15, 0.2) is 0 Å². The van der Waals surface area contributed by atoms with E-state index in [0.717, 1.165) is 18.4 Å². The summed E-state index contributed by atoms with van der Waals surface area (Å²) in [4.78, 5) is 24.0. The van der Waals surface area contributed by atoms with E-state index in [1.54, 1.807) is 12.1 Å². The maximum Gasteiger partial charge on any atom is 0.307 e. The van der Waals surface area contributed by atoms with Gasteiger partial charge in [-0.1, -0.05) is 24.3 Å². The normalized spacial score (nSPS) is 29.3. The lowest BCUT2D eigenvalue weighted by molar-refractivity contribution is -0.153. The quantitative estimate of drug-likeness (QED) is 0.839. The fraction of sp³-hybridized carbons (Fsp3) is 0.412. The Morgan fingerprint density at radius 1 is 1.09 bits per heavy atom. The summed E-state index contributed by atoms with van der Waals surface area (Å²) >= 11 is 0. The minimum Gasteiger partial charge on any atom is -0.481 e. The Balaban J connectivity index is 1.69. The van der Waals surface area contributed by atoms with Crippen LogP contribution >= 0.6 is 0 Å². The number of rotatable bonds is 4. The average molecular weight is 303 g/mol. The largest absolute Gasteiger partial charge is 0.481 e. The molecule has 1 amide bonds. The molecule has 5 heteroatoms. The standard InChI is InChI=1S/C17H18FNO3/c18-13-7-1-10(2-8-13)9-19-16(20)14-11-3-5-12(6-4-11)15(14)17(21)22/h1-3,5,7-8,11-12,14-15H,4,6,9H2,(H,19,20)(H,21,22)/t11-,12-,14+,15-/m0/s1. The zero-order chi connectivity index (χ0) is 15.7. The van der Waals surface area contributed by atoms with Gasteiger partial charge in [-0.2, -0.15) is 0 Å². The summed E-state index contributed by atoms with van der Waals surface area (Å²) in [5.74, 6) is -2.66. The Kier molecular flexibility index (Phi) is 3.96. The third kappa shape index (κ3) is 2.75. The van der Waals surface area contributed by atoms with Gasteiger partial charge in [0, 0.05) is 6.54 Å². The summed E-state index contributed by atoms with van der Waals surface area (Å²) < 4.78 is 12.9. The van der Waals surface area contributed by atoms with Gasteiger partial charge in [-0.05, 0) is 42.4 Å². The van der Waals surface area contributed by atoms with Crippen molar-refractivity contribution in [1.82, 2.24) is 5.32 Å². The maximum absolute atomic E-state index is 12.9. The van der Waals surface area contributed by atoms with E-state index in [0.29, 0.717) is 0 Å². The first kappa shape index (κ1) is 14.8. The second-order valence-electron chi connectivity index (χ2n) is 6.02. The van der Waals surface area contributed by atoms with E-state index in [-0.39, 0.29) is 30.1 Å². The lowest BCUT2D eigenvalue weighted by Gasteiger charge is -2.41. The first-order valence-electron chi connectivity index (χ1n) is 7.49. The first-order chi connectivity index (χ1) is 10.6. The molecule has 1 saturated carbocycles. The van der Waals surface area contributed by atoms with Crippen LogP contribution in [0, 0.1) is 29.5 Å². The Hall–Kier alpha value is -2.17. The van der Waals surface area contributed by atoms with Crippen molar-refractivity contribution in [2.45, 2.75) is 19.4 Å². The number of hydrogen-bond donors (Lipinski definition) is 2. The molecule has 116 valence electrons. The number of benzene rings is 1. The molecule has 0 radical (unpaired) electrons.